The highest BCUT2D eigenvalue weighted by Gasteiger charge is 2.22. The lowest BCUT2D eigenvalue weighted by atomic mass is 10.0. The number of benzene rings is 1. The van der Waals surface area contributed by atoms with Gasteiger partial charge >= 0.3 is 12.0 Å². The highest BCUT2D eigenvalue weighted by atomic mass is 16.5. The van der Waals surface area contributed by atoms with Crippen molar-refractivity contribution in [3.63, 3.8) is 0 Å². The fraction of sp³-hybridized carbons (Fsp3) is 0.556. The van der Waals surface area contributed by atoms with Crippen LogP contribution in [0.2, 0.25) is 0 Å². The van der Waals surface area contributed by atoms with Crippen molar-refractivity contribution >= 4 is 17.7 Å². The fourth-order valence-corrected chi connectivity index (χ4v) is 2.29. The number of unbranched alkanes of at least 4 members (excludes halogenated alkanes) is 1. The molecule has 1 aromatic rings. The van der Waals surface area contributed by atoms with Gasteiger partial charge in [0.2, 0.25) is 0 Å². The minimum absolute atomic E-state index is 0.275. The predicted octanol–water partition coefficient (Wildman–Crippen LogP) is 3.74. The summed E-state index contributed by atoms with van der Waals surface area (Å²) in [7, 11) is 1.32. The molecule has 1 unspecified atom stereocenters. The number of urea groups is 1. The molecular weight excluding hydrogens is 292 g/mol. The van der Waals surface area contributed by atoms with Gasteiger partial charge in [0.05, 0.1) is 7.11 Å². The Morgan fingerprint density at radius 3 is 2.35 bits per heavy atom. The summed E-state index contributed by atoms with van der Waals surface area (Å²) in [5, 5.41) is 5.42. The summed E-state index contributed by atoms with van der Waals surface area (Å²) in [5.74, 6) is -0.152. The largest absolute Gasteiger partial charge is 0.467 e. The molecule has 0 aliphatic heterocycles. The van der Waals surface area contributed by atoms with Gasteiger partial charge in [-0.3, -0.25) is 0 Å². The molecule has 128 valence electrons. The Hall–Kier alpha value is -2.04. The molecule has 2 amide bonds. The van der Waals surface area contributed by atoms with E-state index in [1.165, 1.54) is 12.7 Å². The molecule has 0 saturated heterocycles. The van der Waals surface area contributed by atoms with Crippen LogP contribution in [0.15, 0.2) is 24.3 Å². The first-order valence-electron chi connectivity index (χ1n) is 8.20. The molecule has 1 aromatic carbocycles. The molecule has 0 saturated carbocycles. The summed E-state index contributed by atoms with van der Waals surface area (Å²) in [6.45, 7) is 6.14. The molecule has 0 aromatic heterocycles. The summed E-state index contributed by atoms with van der Waals surface area (Å²) in [6.07, 6.45) is 3.90. The molecule has 0 spiro atoms. The number of hydrogen-bond donors (Lipinski definition) is 2. The molecule has 0 aliphatic rings. The summed E-state index contributed by atoms with van der Waals surface area (Å²) in [5.41, 5.74) is 1.96. The van der Waals surface area contributed by atoms with Gasteiger partial charge in [0.15, 0.2) is 0 Å². The topological polar surface area (TPSA) is 67.4 Å². The Bertz CT molecular complexity index is 497. The van der Waals surface area contributed by atoms with Crippen LogP contribution < -0.4 is 10.6 Å². The average molecular weight is 320 g/mol. The maximum absolute atomic E-state index is 12.1. The van der Waals surface area contributed by atoms with E-state index >= 15 is 0 Å². The molecule has 0 fully saturated rings. The van der Waals surface area contributed by atoms with Gasteiger partial charge in [-0.15, -0.1) is 0 Å². The average Bonchev–Trinajstić information content (AvgIpc) is 2.52. The van der Waals surface area contributed by atoms with E-state index in [0.717, 1.165) is 19.3 Å². The zero-order chi connectivity index (χ0) is 17.2. The number of rotatable bonds is 8. The van der Waals surface area contributed by atoms with Crippen LogP contribution in [0.5, 0.6) is 0 Å². The number of esters is 1. The van der Waals surface area contributed by atoms with Gasteiger partial charge in [0, 0.05) is 5.69 Å². The minimum Gasteiger partial charge on any atom is -0.467 e. The first-order chi connectivity index (χ1) is 11.0. The smallest absolute Gasteiger partial charge is 0.328 e. The van der Waals surface area contributed by atoms with Crippen molar-refractivity contribution in [1.29, 1.82) is 0 Å². The predicted molar refractivity (Wildman–Crippen MR) is 92.5 cm³/mol. The molecule has 5 heteroatoms. The van der Waals surface area contributed by atoms with Gasteiger partial charge in [-0.2, -0.15) is 0 Å². The van der Waals surface area contributed by atoms with Crippen molar-refractivity contribution < 1.29 is 14.3 Å². The van der Waals surface area contributed by atoms with Crippen LogP contribution in [0, 0.1) is 5.92 Å². The fourth-order valence-electron chi connectivity index (χ4n) is 2.29. The first kappa shape index (κ1) is 19.0. The van der Waals surface area contributed by atoms with E-state index in [-0.39, 0.29) is 5.92 Å². The van der Waals surface area contributed by atoms with E-state index in [0.29, 0.717) is 12.1 Å². The van der Waals surface area contributed by atoms with Gasteiger partial charge in [-0.1, -0.05) is 39.3 Å². The van der Waals surface area contributed by atoms with Crippen molar-refractivity contribution in [2.45, 2.75) is 52.5 Å². The Labute approximate surface area is 138 Å². The molecule has 5 nitrogen and oxygen atoms in total. The molecule has 0 aliphatic carbocycles. The first-order valence-corrected chi connectivity index (χ1v) is 8.20. The number of amides is 2. The monoisotopic (exact) mass is 320 g/mol. The van der Waals surface area contributed by atoms with Crippen LogP contribution in [0.4, 0.5) is 10.5 Å². The summed E-state index contributed by atoms with van der Waals surface area (Å²) >= 11 is 0. The SMILES string of the molecule is CCCCc1ccc(NC(=O)NC(CC(C)C)C(=O)OC)cc1. The van der Waals surface area contributed by atoms with Crippen LogP contribution in [0.25, 0.3) is 0 Å². The van der Waals surface area contributed by atoms with E-state index in [4.69, 9.17) is 4.74 Å². The third kappa shape index (κ3) is 7.17. The number of carbonyl (C=O) groups excluding carboxylic acids is 2. The maximum Gasteiger partial charge on any atom is 0.328 e. The second kappa shape index (κ2) is 9.87. The summed E-state index contributed by atoms with van der Waals surface area (Å²) in [6, 6.07) is 6.74. The Balaban J connectivity index is 2.58. The van der Waals surface area contributed by atoms with E-state index < -0.39 is 18.0 Å². The zero-order valence-electron chi connectivity index (χ0n) is 14.5. The van der Waals surface area contributed by atoms with Crippen molar-refractivity contribution in [3.8, 4) is 0 Å². The Morgan fingerprint density at radius 2 is 1.83 bits per heavy atom. The van der Waals surface area contributed by atoms with E-state index in [9.17, 15) is 9.59 Å². The molecule has 0 radical (unpaired) electrons. The lowest BCUT2D eigenvalue weighted by Crippen LogP contribution is -2.44. The van der Waals surface area contributed by atoms with Crippen LogP contribution in [-0.2, 0) is 16.0 Å². The third-order valence-electron chi connectivity index (χ3n) is 3.53. The standard InChI is InChI=1S/C18H28N2O3/c1-5-6-7-14-8-10-15(11-9-14)19-18(22)20-16(12-13(2)3)17(21)23-4/h8-11,13,16H,5-7,12H2,1-4H3,(H2,19,20,22). The molecule has 23 heavy (non-hydrogen) atoms. The van der Waals surface area contributed by atoms with Crippen molar-refractivity contribution in [3.05, 3.63) is 29.8 Å². The van der Waals surface area contributed by atoms with Gasteiger partial charge < -0.3 is 15.4 Å². The lowest BCUT2D eigenvalue weighted by molar-refractivity contribution is -0.143. The number of ether oxygens (including phenoxy) is 1. The second-order valence-corrected chi connectivity index (χ2v) is 6.10. The third-order valence-corrected chi connectivity index (χ3v) is 3.53. The Kier molecular flexibility index (Phi) is 8.16. The Morgan fingerprint density at radius 1 is 1.17 bits per heavy atom. The summed E-state index contributed by atoms with van der Waals surface area (Å²) < 4.78 is 4.74. The van der Waals surface area contributed by atoms with Gasteiger partial charge in [0.25, 0.3) is 0 Å². The van der Waals surface area contributed by atoms with Gasteiger partial charge in [0.1, 0.15) is 6.04 Å². The number of nitrogens with one attached hydrogen (secondary N) is 2. The van der Waals surface area contributed by atoms with E-state index in [2.05, 4.69) is 17.6 Å². The maximum atomic E-state index is 12.1. The number of methoxy groups -OCH3 is 1. The molecule has 1 rings (SSSR count). The molecule has 2 N–H and O–H groups in total. The number of aryl methyl sites for hydroxylation is 1. The highest BCUT2D eigenvalue weighted by Crippen LogP contribution is 2.12. The van der Waals surface area contributed by atoms with Gasteiger partial charge in [-0.25, -0.2) is 9.59 Å². The molecular formula is C18H28N2O3. The van der Waals surface area contributed by atoms with Crippen molar-refractivity contribution in [1.82, 2.24) is 5.32 Å². The van der Waals surface area contributed by atoms with E-state index in [1.54, 1.807) is 0 Å². The van der Waals surface area contributed by atoms with Gasteiger partial charge in [-0.05, 0) is 42.9 Å². The van der Waals surface area contributed by atoms with Crippen LogP contribution >= 0.6 is 0 Å². The number of carbonyl (C=O) groups is 2. The quantitative estimate of drug-likeness (QED) is 0.717. The molecule has 0 heterocycles. The zero-order valence-corrected chi connectivity index (χ0v) is 14.5. The van der Waals surface area contributed by atoms with Crippen molar-refractivity contribution in [2.75, 3.05) is 12.4 Å². The summed E-state index contributed by atoms with van der Waals surface area (Å²) in [4.78, 5) is 23.8. The van der Waals surface area contributed by atoms with Crippen LogP contribution in [-0.4, -0.2) is 25.2 Å². The lowest BCUT2D eigenvalue weighted by Gasteiger charge is -2.18. The van der Waals surface area contributed by atoms with E-state index in [1.807, 2.05) is 38.1 Å². The number of anilines is 1. The second-order valence-electron chi connectivity index (χ2n) is 6.10. The normalized spacial score (nSPS) is 11.9. The number of hydrogen-bond acceptors (Lipinski definition) is 3. The molecule has 1 atom stereocenters. The minimum atomic E-state index is -0.635. The highest BCUT2D eigenvalue weighted by molar-refractivity contribution is 5.92. The molecule has 0 bridgehead atoms. The van der Waals surface area contributed by atoms with Crippen molar-refractivity contribution in [2.24, 2.45) is 5.92 Å². The van der Waals surface area contributed by atoms with Crippen LogP contribution in [0.1, 0.15) is 45.6 Å². The van der Waals surface area contributed by atoms with Crippen LogP contribution in [0.3, 0.4) is 0 Å².